The maximum Gasteiger partial charge on any atom is 0.346 e. The van der Waals surface area contributed by atoms with Crippen LogP contribution in [-0.2, 0) is 0 Å². The second kappa shape index (κ2) is 6.61. The van der Waals surface area contributed by atoms with Crippen molar-refractivity contribution in [3.63, 3.8) is 0 Å². The Morgan fingerprint density at radius 2 is 1.88 bits per heavy atom. The summed E-state index contributed by atoms with van der Waals surface area (Å²) in [6.07, 6.45) is 0. The summed E-state index contributed by atoms with van der Waals surface area (Å²) in [5.74, 6) is 0.633. The van der Waals surface area contributed by atoms with Gasteiger partial charge in [-0.2, -0.15) is 0 Å². The monoisotopic (exact) mass is 365 g/mol. The van der Waals surface area contributed by atoms with Crippen LogP contribution in [0.15, 0.2) is 57.7 Å². The van der Waals surface area contributed by atoms with E-state index in [1.165, 1.54) is 16.9 Å². The Balaban J connectivity index is 1.67. The van der Waals surface area contributed by atoms with Crippen LogP contribution in [0.3, 0.4) is 0 Å². The van der Waals surface area contributed by atoms with E-state index in [1.807, 2.05) is 43.3 Å². The number of aromatic nitrogens is 2. The number of ether oxygens (including phenoxy) is 1. The lowest BCUT2D eigenvalue weighted by atomic mass is 10.2. The highest BCUT2D eigenvalue weighted by atomic mass is 32.1. The van der Waals surface area contributed by atoms with Crippen molar-refractivity contribution in [2.75, 3.05) is 12.4 Å². The standard InChI is InChI=1S/C19H15N3O3S/c1-11-3-6-13(7-4-11)20-19-22-21-17(26-19)15-9-12-5-8-14(24-2)10-16(12)25-18(15)23/h3-10H,1-2H3,(H,20,22). The molecule has 0 radical (unpaired) electrons. The summed E-state index contributed by atoms with van der Waals surface area (Å²) in [4.78, 5) is 12.3. The average Bonchev–Trinajstić information content (AvgIpc) is 3.10. The van der Waals surface area contributed by atoms with E-state index in [2.05, 4.69) is 15.5 Å². The zero-order valence-electron chi connectivity index (χ0n) is 14.1. The van der Waals surface area contributed by atoms with Gasteiger partial charge in [-0.1, -0.05) is 29.0 Å². The fourth-order valence-electron chi connectivity index (χ4n) is 2.51. The first-order chi connectivity index (χ1) is 12.6. The van der Waals surface area contributed by atoms with Crippen LogP contribution in [0, 0.1) is 6.92 Å². The summed E-state index contributed by atoms with van der Waals surface area (Å²) in [5.41, 5.74) is 2.50. The van der Waals surface area contributed by atoms with Crippen LogP contribution in [-0.4, -0.2) is 17.3 Å². The molecule has 0 aliphatic heterocycles. The van der Waals surface area contributed by atoms with Gasteiger partial charge in [0.05, 0.1) is 12.7 Å². The van der Waals surface area contributed by atoms with Crippen molar-refractivity contribution >= 4 is 33.1 Å². The number of nitrogens with zero attached hydrogens (tertiary/aromatic N) is 2. The van der Waals surface area contributed by atoms with E-state index in [1.54, 1.807) is 19.2 Å². The van der Waals surface area contributed by atoms with Crippen molar-refractivity contribution in [3.8, 4) is 16.3 Å². The Morgan fingerprint density at radius 3 is 2.65 bits per heavy atom. The number of hydrogen-bond donors (Lipinski definition) is 1. The molecule has 0 spiro atoms. The highest BCUT2D eigenvalue weighted by Gasteiger charge is 2.14. The molecule has 0 bridgehead atoms. The summed E-state index contributed by atoms with van der Waals surface area (Å²) in [5, 5.41) is 13.3. The summed E-state index contributed by atoms with van der Waals surface area (Å²) >= 11 is 1.30. The van der Waals surface area contributed by atoms with Gasteiger partial charge in [0.1, 0.15) is 11.3 Å². The molecule has 2 aromatic heterocycles. The number of methoxy groups -OCH3 is 1. The van der Waals surface area contributed by atoms with Gasteiger partial charge in [-0.05, 0) is 37.3 Å². The molecule has 2 aromatic carbocycles. The molecule has 0 amide bonds. The first-order valence-electron chi connectivity index (χ1n) is 7.92. The Bertz CT molecular complexity index is 1130. The fraction of sp³-hybridized carbons (Fsp3) is 0.105. The summed E-state index contributed by atoms with van der Waals surface area (Å²) in [7, 11) is 1.57. The fourth-order valence-corrected chi connectivity index (χ4v) is 3.28. The van der Waals surface area contributed by atoms with E-state index in [9.17, 15) is 4.79 Å². The minimum absolute atomic E-state index is 0.386. The molecule has 0 saturated heterocycles. The van der Waals surface area contributed by atoms with Gasteiger partial charge in [0, 0.05) is 17.1 Å². The van der Waals surface area contributed by atoms with Crippen molar-refractivity contribution in [1.82, 2.24) is 10.2 Å². The summed E-state index contributed by atoms with van der Waals surface area (Å²) in [6.45, 7) is 2.03. The van der Waals surface area contributed by atoms with E-state index in [4.69, 9.17) is 9.15 Å². The number of benzene rings is 2. The highest BCUT2D eigenvalue weighted by molar-refractivity contribution is 7.18. The van der Waals surface area contributed by atoms with Crippen LogP contribution in [0.1, 0.15) is 5.56 Å². The zero-order chi connectivity index (χ0) is 18.1. The third kappa shape index (κ3) is 3.16. The van der Waals surface area contributed by atoms with Crippen molar-refractivity contribution in [3.05, 3.63) is 64.5 Å². The second-order valence-corrected chi connectivity index (χ2v) is 6.73. The van der Waals surface area contributed by atoms with Gasteiger partial charge in [0.25, 0.3) is 0 Å². The van der Waals surface area contributed by atoms with E-state index in [0.717, 1.165) is 11.1 Å². The predicted octanol–water partition coefficient (Wildman–Crippen LogP) is 4.37. The Hall–Kier alpha value is -3.19. The number of anilines is 2. The third-order valence-electron chi connectivity index (χ3n) is 3.90. The van der Waals surface area contributed by atoms with Crippen LogP contribution in [0.25, 0.3) is 21.5 Å². The molecule has 0 unspecified atom stereocenters. The van der Waals surface area contributed by atoms with E-state index in [-0.39, 0.29) is 0 Å². The molecular weight excluding hydrogens is 350 g/mol. The topological polar surface area (TPSA) is 77.3 Å². The van der Waals surface area contributed by atoms with E-state index < -0.39 is 5.63 Å². The molecule has 130 valence electrons. The largest absolute Gasteiger partial charge is 0.497 e. The van der Waals surface area contributed by atoms with Crippen molar-refractivity contribution in [2.24, 2.45) is 0 Å². The maximum atomic E-state index is 12.3. The Kier molecular flexibility index (Phi) is 4.14. The highest BCUT2D eigenvalue weighted by Crippen LogP contribution is 2.29. The lowest BCUT2D eigenvalue weighted by Gasteiger charge is -2.02. The van der Waals surface area contributed by atoms with Crippen LogP contribution in [0.4, 0.5) is 10.8 Å². The van der Waals surface area contributed by atoms with Gasteiger partial charge in [0.2, 0.25) is 5.13 Å². The molecular formula is C19H15N3O3S. The van der Waals surface area contributed by atoms with Crippen molar-refractivity contribution in [1.29, 1.82) is 0 Å². The van der Waals surface area contributed by atoms with Crippen LogP contribution in [0.5, 0.6) is 5.75 Å². The van der Waals surface area contributed by atoms with Gasteiger partial charge in [-0.3, -0.25) is 0 Å². The minimum Gasteiger partial charge on any atom is -0.497 e. The quantitative estimate of drug-likeness (QED) is 0.541. The maximum absolute atomic E-state index is 12.3. The molecule has 0 atom stereocenters. The number of nitrogens with one attached hydrogen (secondary N) is 1. The number of aryl methyl sites for hydroxylation is 1. The molecule has 0 saturated carbocycles. The molecule has 0 aliphatic carbocycles. The Labute approximate surface area is 153 Å². The third-order valence-corrected chi connectivity index (χ3v) is 4.77. The number of hydrogen-bond acceptors (Lipinski definition) is 7. The molecule has 0 aliphatic rings. The minimum atomic E-state index is -0.455. The Morgan fingerprint density at radius 1 is 1.08 bits per heavy atom. The van der Waals surface area contributed by atoms with Gasteiger partial charge in [-0.25, -0.2) is 4.79 Å². The first-order valence-corrected chi connectivity index (χ1v) is 8.73. The van der Waals surface area contributed by atoms with Crippen LogP contribution in [0.2, 0.25) is 0 Å². The molecule has 4 aromatic rings. The van der Waals surface area contributed by atoms with E-state index in [0.29, 0.717) is 27.0 Å². The van der Waals surface area contributed by atoms with Crippen molar-refractivity contribution < 1.29 is 9.15 Å². The van der Waals surface area contributed by atoms with Crippen molar-refractivity contribution in [2.45, 2.75) is 6.92 Å². The summed E-state index contributed by atoms with van der Waals surface area (Å²) < 4.78 is 10.6. The lowest BCUT2D eigenvalue weighted by Crippen LogP contribution is -2.02. The lowest BCUT2D eigenvalue weighted by molar-refractivity contribution is 0.414. The molecule has 6 nitrogen and oxygen atoms in total. The van der Waals surface area contributed by atoms with Gasteiger partial charge < -0.3 is 14.5 Å². The first kappa shape index (κ1) is 16.3. The molecule has 1 N–H and O–H groups in total. The smallest absolute Gasteiger partial charge is 0.346 e. The second-order valence-electron chi connectivity index (χ2n) is 5.75. The summed E-state index contributed by atoms with van der Waals surface area (Å²) in [6, 6.07) is 15.1. The number of fused-ring (bicyclic) bond motifs is 1. The molecule has 4 rings (SSSR count). The van der Waals surface area contributed by atoms with Gasteiger partial charge in [-0.15, -0.1) is 10.2 Å². The normalized spacial score (nSPS) is 10.8. The molecule has 7 heteroatoms. The van der Waals surface area contributed by atoms with Crippen LogP contribution >= 0.6 is 11.3 Å². The SMILES string of the molecule is COc1ccc2cc(-c3nnc(Nc4ccc(C)cc4)s3)c(=O)oc2c1. The average molecular weight is 365 g/mol. The molecule has 0 fully saturated rings. The zero-order valence-corrected chi connectivity index (χ0v) is 15.0. The molecule has 26 heavy (non-hydrogen) atoms. The van der Waals surface area contributed by atoms with Gasteiger partial charge >= 0.3 is 5.63 Å². The van der Waals surface area contributed by atoms with Gasteiger partial charge in [0.15, 0.2) is 5.01 Å². The predicted molar refractivity (Wildman–Crippen MR) is 102 cm³/mol. The molecule has 2 heterocycles. The van der Waals surface area contributed by atoms with Crippen LogP contribution < -0.4 is 15.7 Å². The number of rotatable bonds is 4. The van der Waals surface area contributed by atoms with E-state index >= 15 is 0 Å².